The Morgan fingerprint density at radius 1 is 1.02 bits per heavy atom. The molecule has 216 valence electrons. The summed E-state index contributed by atoms with van der Waals surface area (Å²) in [7, 11) is 0. The van der Waals surface area contributed by atoms with Crippen LogP contribution >= 0.6 is 0 Å². The molecule has 4 heterocycles. The van der Waals surface area contributed by atoms with Crippen LogP contribution in [0.4, 0.5) is 5.69 Å². The highest BCUT2D eigenvalue weighted by molar-refractivity contribution is 5.94. The second kappa shape index (κ2) is 11.0. The molecule has 0 radical (unpaired) electrons. The van der Waals surface area contributed by atoms with Crippen molar-refractivity contribution in [3.05, 3.63) is 77.7 Å². The van der Waals surface area contributed by atoms with E-state index in [9.17, 15) is 4.79 Å². The number of fused-ring (bicyclic) bond motifs is 1. The van der Waals surface area contributed by atoms with Gasteiger partial charge in [0.2, 0.25) is 5.89 Å². The zero-order valence-electron chi connectivity index (χ0n) is 24.7. The summed E-state index contributed by atoms with van der Waals surface area (Å²) >= 11 is 0. The lowest BCUT2D eigenvalue weighted by molar-refractivity contribution is 0.0926. The first kappa shape index (κ1) is 27.6. The summed E-state index contributed by atoms with van der Waals surface area (Å²) < 4.78 is 5.28. The number of aromatic amines is 1. The third-order valence-electron chi connectivity index (χ3n) is 7.71. The van der Waals surface area contributed by atoms with Gasteiger partial charge >= 0.3 is 0 Å². The van der Waals surface area contributed by atoms with Crippen LogP contribution in [-0.4, -0.2) is 57.2 Å². The van der Waals surface area contributed by atoms with Gasteiger partial charge in [-0.2, -0.15) is 4.98 Å². The normalized spacial score (nSPS) is 14.7. The fourth-order valence-electron chi connectivity index (χ4n) is 5.37. The summed E-state index contributed by atoms with van der Waals surface area (Å²) in [5.41, 5.74) is 7.67. The molecule has 3 N–H and O–H groups in total. The molecule has 0 aliphatic carbocycles. The average Bonchev–Trinajstić information content (AvgIpc) is 3.66. The van der Waals surface area contributed by atoms with E-state index < -0.39 is 0 Å². The van der Waals surface area contributed by atoms with Crippen LogP contribution in [0.5, 0.6) is 0 Å². The number of nitrogens with zero attached hydrogens (tertiary/aromatic N) is 5. The molecule has 5 aromatic rings. The van der Waals surface area contributed by atoms with Crippen molar-refractivity contribution in [1.29, 1.82) is 0 Å². The number of piperazine rings is 1. The summed E-state index contributed by atoms with van der Waals surface area (Å²) in [6.45, 7) is 13.9. The molecule has 3 aromatic heterocycles. The fraction of sp³-hybridized carbons (Fsp3) is 0.344. The molecule has 6 rings (SSSR count). The predicted octanol–water partition coefficient (Wildman–Crippen LogP) is 5.18. The van der Waals surface area contributed by atoms with Gasteiger partial charge in [0.05, 0.1) is 11.7 Å². The largest absolute Gasteiger partial charge is 0.369 e. The Morgan fingerprint density at radius 3 is 2.45 bits per heavy atom. The molecular weight excluding hydrogens is 528 g/mol. The maximum Gasteiger partial charge on any atom is 0.293 e. The maximum absolute atomic E-state index is 12.8. The molecule has 0 unspecified atom stereocenters. The van der Waals surface area contributed by atoms with Crippen molar-refractivity contribution in [1.82, 2.24) is 35.7 Å². The number of hydrogen-bond donors (Lipinski definition) is 3. The lowest BCUT2D eigenvalue weighted by Crippen LogP contribution is -2.43. The number of benzene rings is 2. The number of anilines is 1. The van der Waals surface area contributed by atoms with Gasteiger partial charge in [0.1, 0.15) is 12.0 Å². The first-order chi connectivity index (χ1) is 20.2. The number of H-pyrrole nitrogens is 1. The van der Waals surface area contributed by atoms with Gasteiger partial charge in [-0.15, -0.1) is 0 Å². The van der Waals surface area contributed by atoms with Crippen LogP contribution in [0, 0.1) is 6.92 Å². The number of amides is 1. The summed E-state index contributed by atoms with van der Waals surface area (Å²) in [4.78, 5) is 32.1. The molecule has 10 nitrogen and oxygen atoms in total. The van der Waals surface area contributed by atoms with Crippen molar-refractivity contribution in [3.63, 3.8) is 0 Å². The van der Waals surface area contributed by atoms with E-state index in [4.69, 9.17) is 4.52 Å². The maximum atomic E-state index is 12.8. The van der Waals surface area contributed by atoms with E-state index in [0.717, 1.165) is 70.9 Å². The Hall–Kier alpha value is -4.57. The van der Waals surface area contributed by atoms with Crippen LogP contribution in [0.25, 0.3) is 33.5 Å². The predicted molar refractivity (Wildman–Crippen MR) is 163 cm³/mol. The van der Waals surface area contributed by atoms with Crippen molar-refractivity contribution in [2.75, 3.05) is 31.1 Å². The Kier molecular flexibility index (Phi) is 7.24. The van der Waals surface area contributed by atoms with E-state index >= 15 is 0 Å². The standard InChI is InChI=1S/C32H36N8O2/c1-19-16-22(8-11-24(19)20(2)36-30(41)29-38-31(42-39-29)32(3,4)5)27-25-17-26(37-28(25)35-18-34-27)21-6-9-23(10-7-21)40-14-12-33-13-15-40/h6-11,16-18,20,33H,12-15H2,1-5H3,(H,36,41)(H,34,35,37)/t20-/m1/s1. The number of nitrogens with one attached hydrogen (secondary N) is 3. The van der Waals surface area contributed by atoms with Gasteiger partial charge < -0.3 is 25.0 Å². The minimum atomic E-state index is -0.372. The molecular formula is C32H36N8O2. The second-order valence-corrected chi connectivity index (χ2v) is 11.9. The molecule has 1 saturated heterocycles. The Bertz CT molecular complexity index is 1730. The van der Waals surface area contributed by atoms with Crippen LogP contribution in [-0.2, 0) is 5.41 Å². The van der Waals surface area contributed by atoms with Gasteiger partial charge in [-0.3, -0.25) is 4.79 Å². The Balaban J connectivity index is 1.21. The van der Waals surface area contributed by atoms with Crippen molar-refractivity contribution >= 4 is 22.6 Å². The molecule has 2 aromatic carbocycles. The number of hydrogen-bond acceptors (Lipinski definition) is 8. The zero-order chi connectivity index (χ0) is 29.4. The summed E-state index contributed by atoms with van der Waals surface area (Å²) in [5.74, 6) is 0.0897. The number of aromatic nitrogens is 5. The van der Waals surface area contributed by atoms with E-state index in [1.54, 1.807) is 6.33 Å². The molecule has 1 aliphatic rings. The first-order valence-electron chi connectivity index (χ1n) is 14.3. The minimum absolute atomic E-state index is 0.0334. The Labute approximate surface area is 245 Å². The van der Waals surface area contributed by atoms with Crippen LogP contribution in [0.15, 0.2) is 59.4 Å². The zero-order valence-corrected chi connectivity index (χ0v) is 24.7. The summed E-state index contributed by atoms with van der Waals surface area (Å²) in [5, 5.41) is 11.2. The summed E-state index contributed by atoms with van der Waals surface area (Å²) in [6, 6.07) is 16.7. The van der Waals surface area contributed by atoms with E-state index in [-0.39, 0.29) is 23.2 Å². The molecule has 0 bridgehead atoms. The van der Waals surface area contributed by atoms with Gasteiger partial charge in [0.15, 0.2) is 0 Å². The van der Waals surface area contributed by atoms with Gasteiger partial charge in [0.25, 0.3) is 11.7 Å². The highest BCUT2D eigenvalue weighted by Crippen LogP contribution is 2.32. The third kappa shape index (κ3) is 5.49. The van der Waals surface area contributed by atoms with Crippen molar-refractivity contribution in [3.8, 4) is 22.5 Å². The SMILES string of the molecule is Cc1cc(-c2ncnc3[nH]c(-c4ccc(N5CCNCC5)cc4)cc23)ccc1[C@@H](C)NC(=O)c1noc(C(C)(C)C)n1. The van der Waals surface area contributed by atoms with E-state index in [2.05, 4.69) is 77.0 Å². The van der Waals surface area contributed by atoms with Gasteiger partial charge in [-0.1, -0.05) is 50.2 Å². The lowest BCUT2D eigenvalue weighted by Gasteiger charge is -2.29. The van der Waals surface area contributed by atoms with Crippen LogP contribution in [0.2, 0.25) is 0 Å². The second-order valence-electron chi connectivity index (χ2n) is 11.9. The van der Waals surface area contributed by atoms with Gasteiger partial charge in [-0.05, 0) is 54.8 Å². The number of aryl methyl sites for hydroxylation is 1. The smallest absolute Gasteiger partial charge is 0.293 e. The molecule has 0 spiro atoms. The van der Waals surface area contributed by atoms with E-state index in [0.29, 0.717) is 5.89 Å². The van der Waals surface area contributed by atoms with Crippen molar-refractivity contribution in [2.24, 2.45) is 0 Å². The van der Waals surface area contributed by atoms with Crippen LogP contribution in [0.1, 0.15) is 61.4 Å². The lowest BCUT2D eigenvalue weighted by atomic mass is 9.97. The highest BCUT2D eigenvalue weighted by Gasteiger charge is 2.25. The molecule has 42 heavy (non-hydrogen) atoms. The molecule has 1 atom stereocenters. The molecule has 1 amide bonds. The van der Waals surface area contributed by atoms with Crippen LogP contribution < -0.4 is 15.5 Å². The summed E-state index contributed by atoms with van der Waals surface area (Å²) in [6.07, 6.45) is 1.59. The molecule has 10 heteroatoms. The number of rotatable bonds is 6. The van der Waals surface area contributed by atoms with Crippen molar-refractivity contribution in [2.45, 2.75) is 46.1 Å². The number of carbonyl (C=O) groups is 1. The fourth-order valence-corrected chi connectivity index (χ4v) is 5.37. The molecule has 1 fully saturated rings. The quantitative estimate of drug-likeness (QED) is 0.258. The third-order valence-corrected chi connectivity index (χ3v) is 7.71. The van der Waals surface area contributed by atoms with Crippen molar-refractivity contribution < 1.29 is 9.32 Å². The molecule has 0 saturated carbocycles. The topological polar surface area (TPSA) is 125 Å². The Morgan fingerprint density at radius 2 is 1.76 bits per heavy atom. The minimum Gasteiger partial charge on any atom is -0.369 e. The molecule has 1 aliphatic heterocycles. The highest BCUT2D eigenvalue weighted by atomic mass is 16.5. The van der Waals surface area contributed by atoms with E-state index in [1.807, 2.05) is 46.8 Å². The van der Waals surface area contributed by atoms with Gasteiger partial charge in [-0.25, -0.2) is 9.97 Å². The monoisotopic (exact) mass is 564 g/mol. The van der Waals surface area contributed by atoms with Gasteiger partial charge in [0, 0.05) is 53.9 Å². The van der Waals surface area contributed by atoms with Crippen LogP contribution in [0.3, 0.4) is 0 Å². The van der Waals surface area contributed by atoms with E-state index in [1.165, 1.54) is 5.69 Å². The number of carbonyl (C=O) groups excluding carboxylic acids is 1. The first-order valence-corrected chi connectivity index (χ1v) is 14.3. The average molecular weight is 565 g/mol.